The summed E-state index contributed by atoms with van der Waals surface area (Å²) in [6, 6.07) is 14.0. The molecule has 3 heterocycles. The van der Waals surface area contributed by atoms with Gasteiger partial charge in [0.2, 0.25) is 5.89 Å². The summed E-state index contributed by atoms with van der Waals surface area (Å²) in [6.07, 6.45) is 6.13. The summed E-state index contributed by atoms with van der Waals surface area (Å²) < 4.78 is 13.3. The van der Waals surface area contributed by atoms with E-state index in [9.17, 15) is 0 Å². The Balaban J connectivity index is 1.43. The summed E-state index contributed by atoms with van der Waals surface area (Å²) in [7, 11) is 0. The number of furan rings is 1. The van der Waals surface area contributed by atoms with Gasteiger partial charge in [-0.05, 0) is 49.9 Å². The largest absolute Gasteiger partial charge is 0.459 e. The van der Waals surface area contributed by atoms with E-state index in [4.69, 9.17) is 13.8 Å². The molecule has 0 saturated carbocycles. The zero-order valence-electron chi connectivity index (χ0n) is 14.7. The summed E-state index contributed by atoms with van der Waals surface area (Å²) in [6.45, 7) is 0. The highest BCUT2D eigenvalue weighted by Crippen LogP contribution is 2.32. The van der Waals surface area contributed by atoms with Crippen molar-refractivity contribution < 1.29 is 8.83 Å². The van der Waals surface area contributed by atoms with Crippen LogP contribution in [-0.4, -0.2) is 19.7 Å². The number of para-hydroxylation sites is 1. The lowest BCUT2D eigenvalue weighted by Gasteiger charge is -2.15. The summed E-state index contributed by atoms with van der Waals surface area (Å²) in [4.78, 5) is 4.92. The van der Waals surface area contributed by atoms with E-state index in [2.05, 4.69) is 39.0 Å². The topological polar surface area (TPSA) is 69.9 Å². The molecule has 136 valence electrons. The van der Waals surface area contributed by atoms with Gasteiger partial charge < -0.3 is 8.83 Å². The van der Waals surface area contributed by atoms with Gasteiger partial charge in [0, 0.05) is 11.4 Å². The van der Waals surface area contributed by atoms with E-state index >= 15 is 0 Å². The first kappa shape index (κ1) is 16.4. The smallest absolute Gasteiger partial charge is 0.283 e. The van der Waals surface area contributed by atoms with E-state index in [0.717, 1.165) is 23.7 Å². The van der Waals surface area contributed by atoms with Crippen molar-refractivity contribution in [2.75, 3.05) is 0 Å². The second-order valence-corrected chi connectivity index (χ2v) is 7.38. The van der Waals surface area contributed by atoms with Gasteiger partial charge in [-0.1, -0.05) is 30.0 Å². The van der Waals surface area contributed by atoms with Crippen LogP contribution in [0.4, 0.5) is 0 Å². The van der Waals surface area contributed by atoms with Crippen LogP contribution in [0, 0.1) is 0 Å². The van der Waals surface area contributed by atoms with Gasteiger partial charge in [0.25, 0.3) is 5.89 Å². The third-order valence-corrected chi connectivity index (χ3v) is 5.56. The number of hydrogen-bond donors (Lipinski definition) is 0. The lowest BCUT2D eigenvalue weighted by Crippen LogP contribution is -2.07. The van der Waals surface area contributed by atoms with Gasteiger partial charge in [-0.3, -0.25) is 4.57 Å². The molecule has 0 N–H and O–H groups in total. The summed E-state index contributed by atoms with van der Waals surface area (Å²) in [5, 5.41) is 9.18. The standard InChI is InChI=1S/C20H18N4O2S/c1-2-7-14(8-3-1)24-16-10-5-4-9-15(16)21-20(24)27-13-18-22-23-19(26-18)17-11-6-12-25-17/h1-3,6-8,11-12H,4-5,9-10,13H2. The molecule has 0 fully saturated rings. The molecule has 0 spiro atoms. The first-order valence-corrected chi connectivity index (χ1v) is 10.0. The SMILES string of the molecule is c1ccc(-n2c(SCc3nnc(-c4ccco4)o3)nc3c2CCCC3)cc1. The van der Waals surface area contributed by atoms with Crippen molar-refractivity contribution in [2.45, 2.75) is 36.6 Å². The van der Waals surface area contributed by atoms with Crippen molar-refractivity contribution in [3.05, 3.63) is 66.0 Å². The van der Waals surface area contributed by atoms with Crippen LogP contribution in [0.1, 0.15) is 30.1 Å². The molecule has 0 radical (unpaired) electrons. The molecule has 0 atom stereocenters. The third kappa shape index (κ3) is 3.19. The Labute approximate surface area is 160 Å². The molecule has 0 aliphatic heterocycles. The van der Waals surface area contributed by atoms with Gasteiger partial charge in [-0.15, -0.1) is 10.2 Å². The maximum absolute atomic E-state index is 5.72. The van der Waals surface area contributed by atoms with Crippen molar-refractivity contribution in [1.82, 2.24) is 19.7 Å². The molecule has 27 heavy (non-hydrogen) atoms. The molecule has 5 rings (SSSR count). The van der Waals surface area contributed by atoms with Gasteiger partial charge >= 0.3 is 0 Å². The predicted octanol–water partition coefficient (Wildman–Crippen LogP) is 4.69. The first-order chi connectivity index (χ1) is 13.4. The molecule has 1 aliphatic carbocycles. The fourth-order valence-electron chi connectivity index (χ4n) is 3.39. The molecule has 0 bridgehead atoms. The molecule has 1 aliphatic rings. The molecule has 7 heteroatoms. The Hall–Kier alpha value is -2.80. The number of nitrogens with zero attached hydrogens (tertiary/aromatic N) is 4. The van der Waals surface area contributed by atoms with Crippen LogP contribution < -0.4 is 0 Å². The van der Waals surface area contributed by atoms with E-state index in [1.807, 2.05) is 6.07 Å². The van der Waals surface area contributed by atoms with E-state index in [1.165, 1.54) is 24.2 Å². The Morgan fingerprint density at radius 1 is 1.00 bits per heavy atom. The van der Waals surface area contributed by atoms with Crippen LogP contribution in [0.2, 0.25) is 0 Å². The van der Waals surface area contributed by atoms with Crippen LogP contribution in [0.15, 0.2) is 62.7 Å². The van der Waals surface area contributed by atoms with Crippen LogP contribution in [0.3, 0.4) is 0 Å². The van der Waals surface area contributed by atoms with E-state index in [0.29, 0.717) is 23.3 Å². The summed E-state index contributed by atoms with van der Waals surface area (Å²) in [5.74, 6) is 2.12. The van der Waals surface area contributed by atoms with Crippen molar-refractivity contribution in [3.63, 3.8) is 0 Å². The van der Waals surface area contributed by atoms with Gasteiger partial charge in [0.15, 0.2) is 10.9 Å². The number of aryl methyl sites for hydroxylation is 1. The molecule has 0 amide bonds. The minimum Gasteiger partial charge on any atom is -0.459 e. The fraction of sp³-hybridized carbons (Fsp3) is 0.250. The second kappa shape index (κ2) is 7.08. The van der Waals surface area contributed by atoms with Crippen molar-refractivity contribution in [1.29, 1.82) is 0 Å². The predicted molar refractivity (Wildman–Crippen MR) is 102 cm³/mol. The lowest BCUT2D eigenvalue weighted by molar-refractivity contribution is 0.494. The lowest BCUT2D eigenvalue weighted by atomic mass is 10.0. The Bertz CT molecular complexity index is 1040. The minimum atomic E-state index is 0.404. The number of hydrogen-bond acceptors (Lipinski definition) is 6. The molecule has 4 aromatic rings. The van der Waals surface area contributed by atoms with Gasteiger partial charge in [0.05, 0.1) is 17.7 Å². The van der Waals surface area contributed by atoms with Gasteiger partial charge in [-0.25, -0.2) is 4.98 Å². The molecule has 0 saturated heterocycles. The maximum atomic E-state index is 5.72. The van der Waals surface area contributed by atoms with E-state index in [-0.39, 0.29) is 0 Å². The van der Waals surface area contributed by atoms with Crippen LogP contribution in [-0.2, 0) is 18.6 Å². The van der Waals surface area contributed by atoms with Crippen LogP contribution in [0.25, 0.3) is 17.3 Å². The monoisotopic (exact) mass is 378 g/mol. The minimum absolute atomic E-state index is 0.404. The first-order valence-electron chi connectivity index (χ1n) is 9.03. The van der Waals surface area contributed by atoms with Crippen LogP contribution in [0.5, 0.6) is 0 Å². The highest BCUT2D eigenvalue weighted by Gasteiger charge is 2.22. The fourth-order valence-corrected chi connectivity index (χ4v) is 4.28. The molecule has 3 aromatic heterocycles. The zero-order chi connectivity index (χ0) is 18.1. The maximum Gasteiger partial charge on any atom is 0.283 e. The number of fused-ring (bicyclic) bond motifs is 1. The normalized spacial score (nSPS) is 13.6. The quantitative estimate of drug-likeness (QED) is 0.469. The molecule has 0 unspecified atom stereocenters. The number of rotatable bonds is 5. The molecule has 1 aromatic carbocycles. The number of imidazole rings is 1. The average Bonchev–Trinajstić information content (AvgIpc) is 3.45. The van der Waals surface area contributed by atoms with Gasteiger partial charge in [0.1, 0.15) is 0 Å². The molecular formula is C20H18N4O2S. The highest BCUT2D eigenvalue weighted by molar-refractivity contribution is 7.98. The van der Waals surface area contributed by atoms with E-state index < -0.39 is 0 Å². The number of aromatic nitrogens is 4. The second-order valence-electron chi connectivity index (χ2n) is 6.43. The Morgan fingerprint density at radius 3 is 2.74 bits per heavy atom. The Kier molecular flexibility index (Phi) is 4.29. The van der Waals surface area contributed by atoms with Crippen molar-refractivity contribution >= 4 is 11.8 Å². The average molecular weight is 378 g/mol. The zero-order valence-corrected chi connectivity index (χ0v) is 15.5. The van der Waals surface area contributed by atoms with Crippen LogP contribution >= 0.6 is 11.8 Å². The Morgan fingerprint density at radius 2 is 1.89 bits per heavy atom. The number of benzene rings is 1. The third-order valence-electron chi connectivity index (χ3n) is 4.64. The van der Waals surface area contributed by atoms with Crippen molar-refractivity contribution in [3.8, 4) is 17.3 Å². The van der Waals surface area contributed by atoms with Crippen molar-refractivity contribution in [2.24, 2.45) is 0 Å². The molecular weight excluding hydrogens is 360 g/mol. The number of thioether (sulfide) groups is 1. The van der Waals surface area contributed by atoms with Gasteiger partial charge in [-0.2, -0.15) is 0 Å². The summed E-state index contributed by atoms with van der Waals surface area (Å²) >= 11 is 1.62. The summed E-state index contributed by atoms with van der Waals surface area (Å²) in [5.41, 5.74) is 3.70. The molecule has 6 nitrogen and oxygen atoms in total. The highest BCUT2D eigenvalue weighted by atomic mass is 32.2. The van der Waals surface area contributed by atoms with E-state index in [1.54, 1.807) is 30.2 Å².